The van der Waals surface area contributed by atoms with Crippen LogP contribution in [0.25, 0.3) is 0 Å². The Labute approximate surface area is 128 Å². The quantitative estimate of drug-likeness (QED) is 0.773. The molecule has 0 bridgehead atoms. The highest BCUT2D eigenvalue weighted by atomic mass is 16.5. The maximum Gasteiger partial charge on any atom is 0.276 e. The molecule has 116 valence electrons. The molecule has 0 radical (unpaired) electrons. The molecule has 0 aliphatic rings. The lowest BCUT2D eigenvalue weighted by Gasteiger charge is -2.09. The zero-order valence-corrected chi connectivity index (χ0v) is 12.3. The summed E-state index contributed by atoms with van der Waals surface area (Å²) in [6.45, 7) is 2.26. The minimum absolute atomic E-state index is 0.164. The van der Waals surface area contributed by atoms with Crippen molar-refractivity contribution in [3.05, 3.63) is 48.3 Å². The molecule has 0 spiro atoms. The molecule has 2 rings (SSSR count). The second-order valence-corrected chi connectivity index (χ2v) is 4.72. The number of benzene rings is 1. The van der Waals surface area contributed by atoms with Crippen LogP contribution in [0.2, 0.25) is 0 Å². The standard InChI is InChI=1S/C15H18N4O3/c1-12-3-5-13(6-4-12)22-11-15(21)18-17-14(20)7-10-19-9-2-8-16-19/h2-6,8-9H,7,10-11H2,1H3,(H,17,20)(H,18,21). The molecule has 0 fully saturated rings. The van der Waals surface area contributed by atoms with Gasteiger partial charge in [-0.15, -0.1) is 0 Å². The average Bonchev–Trinajstić information content (AvgIpc) is 3.04. The van der Waals surface area contributed by atoms with Crippen LogP contribution in [0.1, 0.15) is 12.0 Å². The smallest absolute Gasteiger partial charge is 0.276 e. The predicted molar refractivity (Wildman–Crippen MR) is 79.8 cm³/mol. The molecule has 0 aliphatic carbocycles. The molecule has 1 aromatic heterocycles. The Balaban J connectivity index is 1.62. The van der Waals surface area contributed by atoms with E-state index in [0.29, 0.717) is 12.3 Å². The van der Waals surface area contributed by atoms with Crippen LogP contribution in [-0.4, -0.2) is 28.2 Å². The van der Waals surface area contributed by atoms with Gasteiger partial charge in [-0.05, 0) is 25.1 Å². The SMILES string of the molecule is Cc1ccc(OCC(=O)NNC(=O)CCn2cccn2)cc1. The van der Waals surface area contributed by atoms with E-state index in [0.717, 1.165) is 5.56 Å². The number of ether oxygens (including phenoxy) is 1. The molecule has 0 saturated carbocycles. The van der Waals surface area contributed by atoms with Gasteiger partial charge in [-0.2, -0.15) is 5.10 Å². The Morgan fingerprint density at radius 1 is 1.18 bits per heavy atom. The van der Waals surface area contributed by atoms with Gasteiger partial charge in [0.2, 0.25) is 5.91 Å². The van der Waals surface area contributed by atoms with Gasteiger partial charge in [0.15, 0.2) is 6.61 Å². The van der Waals surface area contributed by atoms with Gasteiger partial charge in [0.05, 0.1) is 0 Å². The van der Waals surface area contributed by atoms with Crippen molar-refractivity contribution < 1.29 is 14.3 Å². The van der Waals surface area contributed by atoms with Gasteiger partial charge < -0.3 is 4.74 Å². The van der Waals surface area contributed by atoms with Crippen LogP contribution in [0.15, 0.2) is 42.7 Å². The average molecular weight is 302 g/mol. The van der Waals surface area contributed by atoms with E-state index >= 15 is 0 Å². The molecule has 2 aromatic rings. The number of hydrogen-bond donors (Lipinski definition) is 2. The molecule has 0 aliphatic heterocycles. The molecule has 2 N–H and O–H groups in total. The van der Waals surface area contributed by atoms with Gasteiger partial charge in [0, 0.05) is 25.4 Å². The van der Waals surface area contributed by atoms with Gasteiger partial charge in [-0.25, -0.2) is 0 Å². The van der Waals surface area contributed by atoms with Crippen LogP contribution in [0, 0.1) is 6.92 Å². The number of amides is 2. The molecule has 22 heavy (non-hydrogen) atoms. The zero-order valence-electron chi connectivity index (χ0n) is 12.3. The normalized spacial score (nSPS) is 10.0. The fourth-order valence-corrected chi connectivity index (χ4v) is 1.67. The number of hydrazine groups is 1. The lowest BCUT2D eigenvalue weighted by molar-refractivity contribution is -0.130. The minimum Gasteiger partial charge on any atom is -0.484 e. The molecule has 0 unspecified atom stereocenters. The highest BCUT2D eigenvalue weighted by molar-refractivity contribution is 5.82. The summed E-state index contributed by atoms with van der Waals surface area (Å²) in [5.74, 6) is -0.113. The Bertz CT molecular complexity index is 608. The van der Waals surface area contributed by atoms with Crippen molar-refractivity contribution in [2.45, 2.75) is 19.9 Å². The van der Waals surface area contributed by atoms with Crippen LogP contribution >= 0.6 is 0 Å². The van der Waals surface area contributed by atoms with E-state index in [4.69, 9.17) is 4.74 Å². The molecule has 0 saturated heterocycles. The number of aryl methyl sites for hydroxylation is 2. The van der Waals surface area contributed by atoms with Crippen LogP contribution in [0.5, 0.6) is 5.75 Å². The first-order valence-electron chi connectivity index (χ1n) is 6.88. The van der Waals surface area contributed by atoms with E-state index < -0.39 is 5.91 Å². The van der Waals surface area contributed by atoms with Crippen LogP contribution in [0.4, 0.5) is 0 Å². The largest absolute Gasteiger partial charge is 0.484 e. The van der Waals surface area contributed by atoms with Crippen LogP contribution in [-0.2, 0) is 16.1 Å². The molecule has 1 aromatic carbocycles. The fraction of sp³-hybridized carbons (Fsp3) is 0.267. The fourth-order valence-electron chi connectivity index (χ4n) is 1.67. The summed E-state index contributed by atoms with van der Waals surface area (Å²) in [6, 6.07) is 9.13. The van der Waals surface area contributed by atoms with Crippen LogP contribution in [0.3, 0.4) is 0 Å². The summed E-state index contributed by atoms with van der Waals surface area (Å²) in [7, 11) is 0. The zero-order chi connectivity index (χ0) is 15.8. The number of nitrogens with zero attached hydrogens (tertiary/aromatic N) is 2. The highest BCUT2D eigenvalue weighted by Gasteiger charge is 2.06. The van der Waals surface area contributed by atoms with Crippen molar-refractivity contribution in [2.24, 2.45) is 0 Å². The number of carbonyl (C=O) groups is 2. The maximum atomic E-state index is 11.6. The van der Waals surface area contributed by atoms with Crippen molar-refractivity contribution in [1.29, 1.82) is 0 Å². The summed E-state index contributed by atoms with van der Waals surface area (Å²) < 4.78 is 6.94. The molecule has 7 heteroatoms. The molecule has 2 amide bonds. The third-order valence-electron chi connectivity index (χ3n) is 2.86. The first-order valence-corrected chi connectivity index (χ1v) is 6.88. The number of carbonyl (C=O) groups excluding carboxylic acids is 2. The lowest BCUT2D eigenvalue weighted by Crippen LogP contribution is -2.44. The van der Waals surface area contributed by atoms with Gasteiger partial charge in [0.25, 0.3) is 5.91 Å². The van der Waals surface area contributed by atoms with E-state index in [9.17, 15) is 9.59 Å². The lowest BCUT2D eigenvalue weighted by atomic mass is 10.2. The number of hydrogen-bond acceptors (Lipinski definition) is 4. The molecular weight excluding hydrogens is 284 g/mol. The van der Waals surface area contributed by atoms with Gasteiger partial charge >= 0.3 is 0 Å². The molecule has 0 atom stereocenters. The Morgan fingerprint density at radius 3 is 2.59 bits per heavy atom. The Hall–Kier alpha value is -2.83. The van der Waals surface area contributed by atoms with E-state index in [1.165, 1.54) is 0 Å². The minimum atomic E-state index is -0.423. The summed E-state index contributed by atoms with van der Waals surface area (Å²) >= 11 is 0. The second-order valence-electron chi connectivity index (χ2n) is 4.72. The van der Waals surface area contributed by atoms with Crippen molar-refractivity contribution in [3.63, 3.8) is 0 Å². The molecule has 7 nitrogen and oxygen atoms in total. The molecule has 1 heterocycles. The van der Waals surface area contributed by atoms with Crippen molar-refractivity contribution in [3.8, 4) is 5.75 Å². The Kier molecular flexibility index (Phi) is 5.53. The second kappa shape index (κ2) is 7.82. The number of rotatable bonds is 6. The topological polar surface area (TPSA) is 85.3 Å². The van der Waals surface area contributed by atoms with Gasteiger partial charge in [-0.1, -0.05) is 17.7 Å². The predicted octanol–water partition coefficient (Wildman–Crippen LogP) is 0.808. The number of nitrogens with one attached hydrogen (secondary N) is 2. The van der Waals surface area contributed by atoms with Crippen LogP contribution < -0.4 is 15.6 Å². The summed E-state index contributed by atoms with van der Waals surface area (Å²) in [4.78, 5) is 23.1. The Morgan fingerprint density at radius 2 is 1.91 bits per heavy atom. The van der Waals surface area contributed by atoms with Gasteiger partial charge in [-0.3, -0.25) is 25.1 Å². The third-order valence-corrected chi connectivity index (χ3v) is 2.86. The first-order chi connectivity index (χ1) is 10.6. The van der Waals surface area contributed by atoms with E-state index in [1.54, 1.807) is 35.3 Å². The van der Waals surface area contributed by atoms with Crippen molar-refractivity contribution in [1.82, 2.24) is 20.6 Å². The number of aromatic nitrogens is 2. The third kappa shape index (κ3) is 5.28. The van der Waals surface area contributed by atoms with Crippen molar-refractivity contribution in [2.75, 3.05) is 6.61 Å². The van der Waals surface area contributed by atoms with E-state index in [2.05, 4.69) is 16.0 Å². The van der Waals surface area contributed by atoms with Gasteiger partial charge in [0.1, 0.15) is 5.75 Å². The van der Waals surface area contributed by atoms with Crippen molar-refractivity contribution >= 4 is 11.8 Å². The summed E-state index contributed by atoms with van der Waals surface area (Å²) in [5.41, 5.74) is 5.74. The maximum absolute atomic E-state index is 11.6. The first kappa shape index (κ1) is 15.6. The highest BCUT2D eigenvalue weighted by Crippen LogP contribution is 2.10. The van der Waals surface area contributed by atoms with E-state index in [-0.39, 0.29) is 18.9 Å². The summed E-state index contributed by atoms with van der Waals surface area (Å²) in [6.07, 6.45) is 3.63. The van der Waals surface area contributed by atoms with E-state index in [1.807, 2.05) is 19.1 Å². The molecular formula is C15H18N4O3. The summed E-state index contributed by atoms with van der Waals surface area (Å²) in [5, 5.41) is 3.98. The monoisotopic (exact) mass is 302 g/mol.